The first-order chi connectivity index (χ1) is 20.4. The minimum Gasteiger partial charge on any atom is -0.473 e. The number of imidazole rings is 1. The molecule has 5 aromatic rings. The maximum Gasteiger partial charge on any atom is 0.214 e. The largest absolute Gasteiger partial charge is 0.473 e. The molecule has 0 radical (unpaired) electrons. The first-order valence-electron chi connectivity index (χ1n) is 13.3. The van der Waals surface area contributed by atoms with Gasteiger partial charge in [-0.15, -0.1) is 0 Å². The third kappa shape index (κ3) is 6.63. The average molecular weight is 576 g/mol. The number of rotatable bonds is 12. The van der Waals surface area contributed by atoms with Crippen molar-refractivity contribution in [3.05, 3.63) is 113 Å². The summed E-state index contributed by atoms with van der Waals surface area (Å²) in [6.45, 7) is 1.18. The van der Waals surface area contributed by atoms with Crippen molar-refractivity contribution in [3.63, 3.8) is 0 Å². The van der Waals surface area contributed by atoms with Gasteiger partial charge < -0.3 is 29.0 Å². The number of hydrogen-bond acceptors (Lipinski definition) is 7. The number of aromatic nitrogens is 3. The van der Waals surface area contributed by atoms with Crippen molar-refractivity contribution in [1.29, 1.82) is 0 Å². The molecule has 42 heavy (non-hydrogen) atoms. The molecule has 0 fully saturated rings. The van der Waals surface area contributed by atoms with E-state index in [4.69, 9.17) is 14.2 Å². The molecule has 0 saturated heterocycles. The minimum atomic E-state index is -1.61. The zero-order valence-electron chi connectivity index (χ0n) is 23.3. The van der Waals surface area contributed by atoms with E-state index < -0.39 is 12.1 Å². The summed E-state index contributed by atoms with van der Waals surface area (Å²) in [5, 5.41) is 19.2. The van der Waals surface area contributed by atoms with Crippen LogP contribution in [0.2, 0.25) is 0 Å². The van der Waals surface area contributed by atoms with Gasteiger partial charge in [-0.2, -0.15) is 0 Å². The van der Waals surface area contributed by atoms with Crippen molar-refractivity contribution < 1.29 is 33.2 Å². The highest BCUT2D eigenvalue weighted by atomic mass is 19.1. The monoisotopic (exact) mass is 575 g/mol. The molecule has 0 aliphatic heterocycles. The van der Waals surface area contributed by atoms with Crippen molar-refractivity contribution in [3.8, 4) is 17.1 Å². The number of hydrogen-bond donors (Lipinski definition) is 2. The van der Waals surface area contributed by atoms with Crippen LogP contribution >= 0.6 is 0 Å². The summed E-state index contributed by atoms with van der Waals surface area (Å²) in [6.07, 6.45) is -1.40. The van der Waals surface area contributed by atoms with E-state index in [-0.39, 0.29) is 24.7 Å². The summed E-state index contributed by atoms with van der Waals surface area (Å²) in [6, 6.07) is 19.9. The summed E-state index contributed by atoms with van der Waals surface area (Å²) in [5.41, 5.74) is 4.33. The molecule has 0 amide bonds. The lowest BCUT2D eigenvalue weighted by molar-refractivity contribution is -0.0424. The minimum absolute atomic E-state index is 0.00826. The molecule has 3 aromatic carbocycles. The van der Waals surface area contributed by atoms with E-state index in [0.29, 0.717) is 64.6 Å². The van der Waals surface area contributed by atoms with Gasteiger partial charge in [0.05, 0.1) is 29.9 Å². The Morgan fingerprint density at radius 3 is 2.38 bits per heavy atom. The van der Waals surface area contributed by atoms with Crippen LogP contribution < -0.4 is 4.74 Å². The van der Waals surface area contributed by atoms with Crippen LogP contribution in [0.25, 0.3) is 22.3 Å². The standard InChI is InChI=1S/C32H31F2N3O5/c1-40-13-12-37-29-16-23(32(38)39)10-11-28(29)35-30(37)17-21-8-9-22(15-26(21)34)27-4-3-5-31(36-27)42-19-24-7-6-20(18-41-2)14-25(24)33/h3-11,14-16,32,38-39H,12-13,17-19H2,1-2H3. The Labute approximate surface area is 241 Å². The molecule has 2 heterocycles. The summed E-state index contributed by atoms with van der Waals surface area (Å²) in [5.74, 6) is 0.0991. The fourth-order valence-corrected chi connectivity index (χ4v) is 4.71. The summed E-state index contributed by atoms with van der Waals surface area (Å²) in [7, 11) is 3.14. The van der Waals surface area contributed by atoms with E-state index in [1.54, 1.807) is 74.9 Å². The van der Waals surface area contributed by atoms with Gasteiger partial charge in [0, 0.05) is 49.9 Å². The molecule has 10 heteroatoms. The molecule has 0 bridgehead atoms. The van der Waals surface area contributed by atoms with Crippen molar-refractivity contribution >= 4 is 11.0 Å². The van der Waals surface area contributed by atoms with Crippen LogP contribution in [0, 0.1) is 11.6 Å². The highest BCUT2D eigenvalue weighted by molar-refractivity contribution is 5.77. The zero-order valence-corrected chi connectivity index (χ0v) is 23.3. The van der Waals surface area contributed by atoms with Gasteiger partial charge in [-0.1, -0.05) is 36.4 Å². The smallest absolute Gasteiger partial charge is 0.214 e. The Morgan fingerprint density at radius 2 is 1.64 bits per heavy atom. The van der Waals surface area contributed by atoms with Gasteiger partial charge in [0.15, 0.2) is 6.29 Å². The van der Waals surface area contributed by atoms with Crippen LogP contribution in [0.15, 0.2) is 72.8 Å². The van der Waals surface area contributed by atoms with Crippen molar-refractivity contribution in [2.75, 3.05) is 20.8 Å². The zero-order chi connectivity index (χ0) is 29.6. The Bertz CT molecular complexity index is 1690. The number of halogens is 2. The first-order valence-corrected chi connectivity index (χ1v) is 13.3. The van der Waals surface area contributed by atoms with Gasteiger partial charge >= 0.3 is 0 Å². The molecule has 2 aromatic heterocycles. The molecule has 0 unspecified atom stereocenters. The average Bonchev–Trinajstić information content (AvgIpc) is 3.33. The summed E-state index contributed by atoms with van der Waals surface area (Å²) in [4.78, 5) is 9.16. The summed E-state index contributed by atoms with van der Waals surface area (Å²) >= 11 is 0. The van der Waals surface area contributed by atoms with Crippen molar-refractivity contribution in [1.82, 2.24) is 14.5 Å². The predicted octanol–water partition coefficient (Wildman–Crippen LogP) is 5.32. The second kappa shape index (κ2) is 13.2. The summed E-state index contributed by atoms with van der Waals surface area (Å²) < 4.78 is 47.7. The fraction of sp³-hybridized carbons (Fsp3) is 0.250. The van der Waals surface area contributed by atoms with E-state index in [9.17, 15) is 14.6 Å². The molecule has 0 saturated carbocycles. The van der Waals surface area contributed by atoms with Crippen LogP contribution in [0.4, 0.5) is 8.78 Å². The molecule has 218 valence electrons. The van der Waals surface area contributed by atoms with E-state index in [1.807, 2.05) is 4.57 Å². The quantitative estimate of drug-likeness (QED) is 0.194. The SMILES string of the molecule is COCCn1c(Cc2ccc(-c3cccc(OCc4ccc(COC)cc4F)n3)cc2F)nc2ccc(C(O)O)cc21. The van der Waals surface area contributed by atoms with E-state index >= 15 is 4.39 Å². The number of fused-ring (bicyclic) bond motifs is 1. The molecule has 0 atom stereocenters. The van der Waals surface area contributed by atoms with Crippen LogP contribution in [0.5, 0.6) is 5.88 Å². The Balaban J connectivity index is 1.34. The number of methoxy groups -OCH3 is 2. The molecule has 5 rings (SSSR count). The van der Waals surface area contributed by atoms with Gasteiger partial charge in [-0.25, -0.2) is 18.7 Å². The topological polar surface area (TPSA) is 98.9 Å². The fourth-order valence-electron chi connectivity index (χ4n) is 4.71. The molecule has 0 aliphatic carbocycles. The number of benzene rings is 3. The number of aliphatic hydroxyl groups is 2. The van der Waals surface area contributed by atoms with Gasteiger partial charge in [-0.3, -0.25) is 0 Å². The third-order valence-corrected chi connectivity index (χ3v) is 6.89. The molecule has 0 spiro atoms. The van der Waals surface area contributed by atoms with Crippen molar-refractivity contribution in [2.24, 2.45) is 0 Å². The van der Waals surface area contributed by atoms with Crippen LogP contribution in [0.1, 0.15) is 34.4 Å². The predicted molar refractivity (Wildman–Crippen MR) is 153 cm³/mol. The van der Waals surface area contributed by atoms with E-state index in [0.717, 1.165) is 5.56 Å². The van der Waals surface area contributed by atoms with Crippen molar-refractivity contribution in [2.45, 2.75) is 32.5 Å². The van der Waals surface area contributed by atoms with Gasteiger partial charge in [0.2, 0.25) is 5.88 Å². The Kier molecular flexibility index (Phi) is 9.19. The maximum atomic E-state index is 15.4. The van der Waals surface area contributed by atoms with Gasteiger partial charge in [-0.05, 0) is 41.5 Å². The van der Waals surface area contributed by atoms with Gasteiger partial charge in [0.1, 0.15) is 24.1 Å². The first kappa shape index (κ1) is 29.3. The highest BCUT2D eigenvalue weighted by Crippen LogP contribution is 2.26. The third-order valence-electron chi connectivity index (χ3n) is 6.89. The van der Waals surface area contributed by atoms with Crippen LogP contribution in [0.3, 0.4) is 0 Å². The number of nitrogens with zero attached hydrogens (tertiary/aromatic N) is 3. The number of pyridine rings is 1. The normalized spacial score (nSPS) is 11.5. The molecule has 2 N–H and O–H groups in total. The Morgan fingerprint density at radius 1 is 0.833 bits per heavy atom. The molecule has 0 aliphatic rings. The van der Waals surface area contributed by atoms with E-state index in [2.05, 4.69) is 9.97 Å². The second-order valence-electron chi connectivity index (χ2n) is 9.79. The van der Waals surface area contributed by atoms with Crippen LogP contribution in [-0.4, -0.2) is 45.6 Å². The lowest BCUT2D eigenvalue weighted by atomic mass is 10.1. The lowest BCUT2D eigenvalue weighted by Gasteiger charge is -2.11. The van der Waals surface area contributed by atoms with E-state index in [1.165, 1.54) is 12.1 Å². The Hall–Kier alpha value is -4.22. The second-order valence-corrected chi connectivity index (χ2v) is 9.79. The number of aliphatic hydroxyl groups excluding tert-OH is 1. The molecular weight excluding hydrogens is 544 g/mol. The van der Waals surface area contributed by atoms with Crippen LogP contribution in [-0.2, 0) is 35.7 Å². The number of ether oxygens (including phenoxy) is 3. The maximum absolute atomic E-state index is 15.4. The molecule has 8 nitrogen and oxygen atoms in total. The van der Waals surface area contributed by atoms with Gasteiger partial charge in [0.25, 0.3) is 0 Å². The highest BCUT2D eigenvalue weighted by Gasteiger charge is 2.16. The lowest BCUT2D eigenvalue weighted by Crippen LogP contribution is -2.10. The molecular formula is C32H31F2N3O5.